The minimum atomic E-state index is -0.483. The normalized spacial score (nSPS) is 30.6. The topological polar surface area (TPSA) is 33.1 Å². The van der Waals surface area contributed by atoms with Crippen LogP contribution in [0, 0.1) is 12.8 Å². The van der Waals surface area contributed by atoms with E-state index < -0.39 is 5.60 Å². The maximum atomic E-state index is 10.6. The molecular weight excluding hydrogens is 218 g/mol. The fraction of sp³-hybridized carbons (Fsp3) is 0.769. The third kappa shape index (κ3) is 2.83. The Hall–Kier alpha value is -0.410. The lowest BCUT2D eigenvalue weighted by atomic mass is 9.75. The number of nitrogens with zero attached hydrogens (tertiary/aromatic N) is 1. The van der Waals surface area contributed by atoms with Gasteiger partial charge in [-0.2, -0.15) is 0 Å². The molecule has 16 heavy (non-hydrogen) atoms. The van der Waals surface area contributed by atoms with Gasteiger partial charge in [0.15, 0.2) is 0 Å². The Balaban J connectivity index is 2.01. The summed E-state index contributed by atoms with van der Waals surface area (Å²) >= 11 is 1.68. The molecule has 0 spiro atoms. The molecule has 1 fully saturated rings. The van der Waals surface area contributed by atoms with Crippen LogP contribution in [0.2, 0.25) is 0 Å². The minimum Gasteiger partial charge on any atom is -0.389 e. The van der Waals surface area contributed by atoms with Crippen molar-refractivity contribution >= 4 is 11.3 Å². The number of aromatic nitrogens is 1. The maximum Gasteiger partial charge on any atom is 0.0956 e. The van der Waals surface area contributed by atoms with E-state index in [1.165, 1.54) is 19.3 Å². The molecule has 0 amide bonds. The SMILES string of the molecule is CCC1CCCC(O)(Cc2nc(C)cs2)C1. The van der Waals surface area contributed by atoms with Gasteiger partial charge in [0.05, 0.1) is 10.6 Å². The third-order valence-electron chi connectivity index (χ3n) is 3.65. The Morgan fingerprint density at radius 1 is 1.62 bits per heavy atom. The van der Waals surface area contributed by atoms with Crippen molar-refractivity contribution in [2.75, 3.05) is 0 Å². The molecule has 1 N–H and O–H groups in total. The molecule has 1 aliphatic carbocycles. The highest BCUT2D eigenvalue weighted by Gasteiger charge is 2.34. The van der Waals surface area contributed by atoms with Crippen LogP contribution in [-0.2, 0) is 6.42 Å². The molecule has 3 heteroatoms. The average molecular weight is 239 g/mol. The van der Waals surface area contributed by atoms with Crippen molar-refractivity contribution < 1.29 is 5.11 Å². The van der Waals surface area contributed by atoms with Crippen LogP contribution >= 0.6 is 11.3 Å². The van der Waals surface area contributed by atoms with Gasteiger partial charge in [-0.25, -0.2) is 4.98 Å². The molecule has 0 aromatic carbocycles. The van der Waals surface area contributed by atoms with E-state index in [1.807, 2.05) is 6.92 Å². The van der Waals surface area contributed by atoms with Gasteiger partial charge in [-0.3, -0.25) is 0 Å². The van der Waals surface area contributed by atoms with Crippen LogP contribution in [0.3, 0.4) is 0 Å². The molecule has 1 saturated carbocycles. The largest absolute Gasteiger partial charge is 0.389 e. The van der Waals surface area contributed by atoms with E-state index in [0.29, 0.717) is 5.92 Å². The molecule has 2 atom stereocenters. The minimum absolute atomic E-state index is 0.483. The van der Waals surface area contributed by atoms with E-state index in [0.717, 1.165) is 30.0 Å². The highest BCUT2D eigenvalue weighted by atomic mass is 32.1. The van der Waals surface area contributed by atoms with E-state index in [2.05, 4.69) is 17.3 Å². The Kier molecular flexibility index (Phi) is 3.65. The van der Waals surface area contributed by atoms with Gasteiger partial charge in [0.25, 0.3) is 0 Å². The summed E-state index contributed by atoms with van der Waals surface area (Å²) in [5.41, 5.74) is 0.593. The number of hydrogen-bond acceptors (Lipinski definition) is 3. The first-order valence-corrected chi connectivity index (χ1v) is 7.13. The number of hydrogen-bond donors (Lipinski definition) is 1. The molecule has 1 heterocycles. The molecule has 0 aliphatic heterocycles. The van der Waals surface area contributed by atoms with Crippen molar-refractivity contribution in [3.63, 3.8) is 0 Å². The Labute approximate surface area is 102 Å². The van der Waals surface area contributed by atoms with Crippen molar-refractivity contribution in [3.05, 3.63) is 16.1 Å². The predicted octanol–water partition coefficient (Wildman–Crippen LogP) is 3.33. The molecule has 2 nitrogen and oxygen atoms in total. The lowest BCUT2D eigenvalue weighted by molar-refractivity contribution is -0.0162. The zero-order valence-corrected chi connectivity index (χ0v) is 11.0. The molecule has 1 aliphatic rings. The van der Waals surface area contributed by atoms with Crippen molar-refractivity contribution in [1.82, 2.24) is 4.98 Å². The molecule has 1 aromatic rings. The quantitative estimate of drug-likeness (QED) is 0.877. The van der Waals surface area contributed by atoms with Crippen LogP contribution in [0.25, 0.3) is 0 Å². The van der Waals surface area contributed by atoms with Crippen molar-refractivity contribution in [2.24, 2.45) is 5.92 Å². The lowest BCUT2D eigenvalue weighted by Gasteiger charge is -2.36. The van der Waals surface area contributed by atoms with Gasteiger partial charge < -0.3 is 5.11 Å². The number of rotatable bonds is 3. The second-order valence-corrected chi connectivity index (χ2v) is 6.10. The highest BCUT2D eigenvalue weighted by Crippen LogP contribution is 2.36. The lowest BCUT2D eigenvalue weighted by Crippen LogP contribution is -2.37. The van der Waals surface area contributed by atoms with Gasteiger partial charge in [0.2, 0.25) is 0 Å². The summed E-state index contributed by atoms with van der Waals surface area (Å²) in [5.74, 6) is 0.708. The van der Waals surface area contributed by atoms with Crippen molar-refractivity contribution in [3.8, 4) is 0 Å². The third-order valence-corrected chi connectivity index (χ3v) is 4.61. The average Bonchev–Trinajstić information content (AvgIpc) is 2.63. The molecule has 0 saturated heterocycles. The second kappa shape index (κ2) is 4.84. The standard InChI is InChI=1S/C13H21NOS/c1-3-11-5-4-6-13(15,7-11)8-12-14-10(2)9-16-12/h9,11,15H,3-8H2,1-2H3. The van der Waals surface area contributed by atoms with Crippen LogP contribution in [0.1, 0.15) is 49.7 Å². The fourth-order valence-corrected chi connectivity index (χ4v) is 3.64. The van der Waals surface area contributed by atoms with Crippen LogP contribution in [0.4, 0.5) is 0 Å². The van der Waals surface area contributed by atoms with Crippen LogP contribution < -0.4 is 0 Å². The van der Waals surface area contributed by atoms with E-state index >= 15 is 0 Å². The molecule has 0 bridgehead atoms. The molecular formula is C13H21NOS. The second-order valence-electron chi connectivity index (χ2n) is 5.15. The summed E-state index contributed by atoms with van der Waals surface area (Å²) in [6.45, 7) is 4.24. The van der Waals surface area contributed by atoms with Gasteiger partial charge >= 0.3 is 0 Å². The summed E-state index contributed by atoms with van der Waals surface area (Å²) in [7, 11) is 0. The maximum absolute atomic E-state index is 10.6. The molecule has 90 valence electrons. The van der Waals surface area contributed by atoms with E-state index in [1.54, 1.807) is 11.3 Å². The first kappa shape index (κ1) is 12.1. The molecule has 2 unspecified atom stereocenters. The highest BCUT2D eigenvalue weighted by molar-refractivity contribution is 7.09. The summed E-state index contributed by atoms with van der Waals surface area (Å²) in [6, 6.07) is 0. The van der Waals surface area contributed by atoms with Crippen molar-refractivity contribution in [2.45, 2.75) is 58.0 Å². The number of thiazole rings is 1. The van der Waals surface area contributed by atoms with Crippen LogP contribution in [-0.4, -0.2) is 15.7 Å². The van der Waals surface area contributed by atoms with Gasteiger partial charge in [0.1, 0.15) is 0 Å². The molecule has 2 rings (SSSR count). The van der Waals surface area contributed by atoms with E-state index in [4.69, 9.17) is 0 Å². The zero-order chi connectivity index (χ0) is 11.6. The van der Waals surface area contributed by atoms with Crippen LogP contribution in [0.15, 0.2) is 5.38 Å². The summed E-state index contributed by atoms with van der Waals surface area (Å²) in [5, 5.41) is 13.8. The Bertz CT molecular complexity index is 349. The van der Waals surface area contributed by atoms with Gasteiger partial charge in [-0.15, -0.1) is 11.3 Å². The number of aryl methyl sites for hydroxylation is 1. The summed E-state index contributed by atoms with van der Waals surface area (Å²) in [4.78, 5) is 4.46. The first-order valence-electron chi connectivity index (χ1n) is 6.25. The van der Waals surface area contributed by atoms with Gasteiger partial charge in [0, 0.05) is 17.5 Å². The first-order chi connectivity index (χ1) is 7.61. The van der Waals surface area contributed by atoms with Crippen molar-refractivity contribution in [1.29, 1.82) is 0 Å². The predicted molar refractivity (Wildman–Crippen MR) is 67.8 cm³/mol. The van der Waals surface area contributed by atoms with Gasteiger partial charge in [-0.05, 0) is 25.7 Å². The van der Waals surface area contributed by atoms with Gasteiger partial charge in [-0.1, -0.05) is 26.2 Å². The van der Waals surface area contributed by atoms with E-state index in [9.17, 15) is 5.11 Å². The smallest absolute Gasteiger partial charge is 0.0956 e. The Morgan fingerprint density at radius 2 is 2.44 bits per heavy atom. The summed E-state index contributed by atoms with van der Waals surface area (Å²) in [6.07, 6.45) is 6.31. The molecule has 0 radical (unpaired) electrons. The monoisotopic (exact) mass is 239 g/mol. The summed E-state index contributed by atoms with van der Waals surface area (Å²) < 4.78 is 0. The Morgan fingerprint density at radius 3 is 3.06 bits per heavy atom. The number of aliphatic hydroxyl groups is 1. The molecule has 1 aromatic heterocycles. The zero-order valence-electron chi connectivity index (χ0n) is 10.2. The van der Waals surface area contributed by atoms with Crippen LogP contribution in [0.5, 0.6) is 0 Å². The van der Waals surface area contributed by atoms with E-state index in [-0.39, 0.29) is 0 Å². The fourth-order valence-electron chi connectivity index (χ4n) is 2.74.